The van der Waals surface area contributed by atoms with Crippen molar-refractivity contribution in [3.05, 3.63) is 78.0 Å². The fraction of sp³-hybridized carbons (Fsp3) is 0.182. The van der Waals surface area contributed by atoms with E-state index in [1.165, 1.54) is 5.56 Å². The molecule has 0 aliphatic rings. The van der Waals surface area contributed by atoms with E-state index in [1.54, 1.807) is 44.7 Å². The van der Waals surface area contributed by atoms with Crippen LogP contribution in [0, 0.1) is 0 Å². The van der Waals surface area contributed by atoms with Crippen LogP contribution in [-0.4, -0.2) is 31.7 Å². The molecule has 1 amide bonds. The first-order valence-corrected chi connectivity index (χ1v) is 8.96. The molecule has 0 aliphatic heterocycles. The Kier molecular flexibility index (Phi) is 6.46. The van der Waals surface area contributed by atoms with Crippen LogP contribution in [0.1, 0.15) is 15.9 Å². The highest BCUT2D eigenvalue weighted by molar-refractivity contribution is 6.04. The monoisotopic (exact) mass is 377 g/mol. The molecular weight excluding hydrogens is 354 g/mol. The Morgan fingerprint density at radius 1 is 0.964 bits per heavy atom. The van der Waals surface area contributed by atoms with Crippen molar-refractivity contribution in [1.29, 1.82) is 0 Å². The molecule has 0 spiro atoms. The number of carbonyl (C=O) groups excluding carboxylic acids is 1. The summed E-state index contributed by atoms with van der Waals surface area (Å²) in [6.07, 6.45) is 2.49. The van der Waals surface area contributed by atoms with Crippen molar-refractivity contribution < 1.29 is 14.3 Å². The fourth-order valence-electron chi connectivity index (χ4n) is 2.68. The Morgan fingerprint density at radius 2 is 1.75 bits per heavy atom. The standard InChI is InChI=1S/C22H23N3O3/c1-27-19-9-6-17(7-10-19)22(26)25-18-8-11-21(24-15-18)23-13-12-16-4-3-5-20(14-16)28-2/h3-11,14-15H,12-13H2,1-2H3,(H,23,24)(H,25,26). The van der Waals surface area contributed by atoms with Crippen LogP contribution in [0.2, 0.25) is 0 Å². The number of aromatic nitrogens is 1. The van der Waals surface area contributed by atoms with E-state index in [0.717, 1.165) is 24.5 Å². The average molecular weight is 377 g/mol. The van der Waals surface area contributed by atoms with Gasteiger partial charge in [-0.1, -0.05) is 12.1 Å². The Balaban J connectivity index is 1.50. The largest absolute Gasteiger partial charge is 0.497 e. The molecule has 0 unspecified atom stereocenters. The molecule has 0 radical (unpaired) electrons. The van der Waals surface area contributed by atoms with Gasteiger partial charge in [-0.15, -0.1) is 0 Å². The summed E-state index contributed by atoms with van der Waals surface area (Å²) in [6.45, 7) is 0.748. The lowest BCUT2D eigenvalue weighted by Crippen LogP contribution is -2.12. The lowest BCUT2D eigenvalue weighted by molar-refractivity contribution is 0.102. The van der Waals surface area contributed by atoms with E-state index in [9.17, 15) is 4.79 Å². The van der Waals surface area contributed by atoms with Crippen molar-refractivity contribution in [3.63, 3.8) is 0 Å². The molecule has 144 valence electrons. The lowest BCUT2D eigenvalue weighted by Gasteiger charge is -2.09. The van der Waals surface area contributed by atoms with Gasteiger partial charge in [0.1, 0.15) is 17.3 Å². The summed E-state index contributed by atoms with van der Waals surface area (Å²) in [7, 11) is 3.25. The maximum absolute atomic E-state index is 12.3. The second-order valence-corrected chi connectivity index (χ2v) is 6.14. The van der Waals surface area contributed by atoms with Crippen LogP contribution in [0.3, 0.4) is 0 Å². The molecule has 0 aliphatic carbocycles. The normalized spacial score (nSPS) is 10.2. The number of ether oxygens (including phenoxy) is 2. The minimum absolute atomic E-state index is 0.191. The number of benzene rings is 2. The quantitative estimate of drug-likeness (QED) is 0.621. The highest BCUT2D eigenvalue weighted by Gasteiger charge is 2.06. The zero-order valence-electron chi connectivity index (χ0n) is 15.9. The van der Waals surface area contributed by atoms with Crippen LogP contribution in [0.5, 0.6) is 11.5 Å². The number of hydrogen-bond acceptors (Lipinski definition) is 5. The number of amides is 1. The molecule has 0 saturated carbocycles. The molecule has 0 saturated heterocycles. The summed E-state index contributed by atoms with van der Waals surface area (Å²) >= 11 is 0. The number of carbonyl (C=O) groups is 1. The van der Waals surface area contributed by atoms with Gasteiger partial charge in [-0.2, -0.15) is 0 Å². The van der Waals surface area contributed by atoms with Gasteiger partial charge >= 0.3 is 0 Å². The van der Waals surface area contributed by atoms with E-state index in [0.29, 0.717) is 17.0 Å². The van der Waals surface area contributed by atoms with Crippen molar-refractivity contribution in [3.8, 4) is 11.5 Å². The topological polar surface area (TPSA) is 72.5 Å². The van der Waals surface area contributed by atoms with Gasteiger partial charge in [-0.3, -0.25) is 4.79 Å². The summed E-state index contributed by atoms with van der Waals surface area (Å²) in [5.74, 6) is 2.13. The number of methoxy groups -OCH3 is 2. The van der Waals surface area contributed by atoms with Gasteiger partial charge in [-0.25, -0.2) is 4.98 Å². The van der Waals surface area contributed by atoms with E-state index >= 15 is 0 Å². The van der Waals surface area contributed by atoms with Gasteiger partial charge in [0.2, 0.25) is 0 Å². The predicted octanol–water partition coefficient (Wildman–Crippen LogP) is 4.01. The number of nitrogens with zero attached hydrogens (tertiary/aromatic N) is 1. The van der Waals surface area contributed by atoms with Gasteiger partial charge in [0.25, 0.3) is 5.91 Å². The van der Waals surface area contributed by atoms with Gasteiger partial charge in [0.15, 0.2) is 0 Å². The first-order chi connectivity index (χ1) is 13.7. The molecule has 1 heterocycles. The first kappa shape index (κ1) is 19.2. The molecule has 0 bridgehead atoms. The molecule has 0 atom stereocenters. The SMILES string of the molecule is COc1ccc(C(=O)Nc2ccc(NCCc3cccc(OC)c3)nc2)cc1. The van der Waals surface area contributed by atoms with Crippen molar-refractivity contribution >= 4 is 17.4 Å². The smallest absolute Gasteiger partial charge is 0.255 e. The predicted molar refractivity (Wildman–Crippen MR) is 110 cm³/mol. The van der Waals surface area contributed by atoms with Gasteiger partial charge < -0.3 is 20.1 Å². The van der Waals surface area contributed by atoms with E-state index in [2.05, 4.69) is 21.7 Å². The summed E-state index contributed by atoms with van der Waals surface area (Å²) in [6, 6.07) is 18.6. The zero-order valence-corrected chi connectivity index (χ0v) is 15.9. The van der Waals surface area contributed by atoms with Gasteiger partial charge in [-0.05, 0) is 60.5 Å². The second kappa shape index (κ2) is 9.41. The zero-order chi connectivity index (χ0) is 19.8. The van der Waals surface area contributed by atoms with Crippen LogP contribution >= 0.6 is 0 Å². The van der Waals surface area contributed by atoms with E-state index < -0.39 is 0 Å². The van der Waals surface area contributed by atoms with Crippen LogP contribution in [0.25, 0.3) is 0 Å². The Hall–Kier alpha value is -3.54. The molecule has 6 nitrogen and oxygen atoms in total. The third-order valence-corrected chi connectivity index (χ3v) is 4.23. The van der Waals surface area contributed by atoms with Crippen molar-refractivity contribution in [2.24, 2.45) is 0 Å². The summed E-state index contributed by atoms with van der Waals surface area (Å²) in [5.41, 5.74) is 2.38. The summed E-state index contributed by atoms with van der Waals surface area (Å²) < 4.78 is 10.3. The molecule has 1 aromatic heterocycles. The van der Waals surface area contributed by atoms with Crippen molar-refractivity contribution in [2.75, 3.05) is 31.4 Å². The molecule has 3 rings (SSSR count). The maximum Gasteiger partial charge on any atom is 0.255 e. The molecule has 0 fully saturated rings. The third kappa shape index (κ3) is 5.23. The van der Waals surface area contributed by atoms with Crippen LogP contribution in [0.4, 0.5) is 11.5 Å². The van der Waals surface area contributed by atoms with E-state index in [-0.39, 0.29) is 5.91 Å². The number of rotatable bonds is 8. The minimum atomic E-state index is -0.191. The molecule has 3 aromatic rings. The summed E-state index contributed by atoms with van der Waals surface area (Å²) in [5, 5.41) is 6.11. The Morgan fingerprint density at radius 3 is 2.43 bits per heavy atom. The van der Waals surface area contributed by atoms with Crippen molar-refractivity contribution in [2.45, 2.75) is 6.42 Å². The third-order valence-electron chi connectivity index (χ3n) is 4.23. The Labute approximate surface area is 164 Å². The number of pyridine rings is 1. The Bertz CT molecular complexity index is 909. The number of anilines is 2. The average Bonchev–Trinajstić information content (AvgIpc) is 2.75. The molecule has 6 heteroatoms. The maximum atomic E-state index is 12.3. The summed E-state index contributed by atoms with van der Waals surface area (Å²) in [4.78, 5) is 16.6. The van der Waals surface area contributed by atoms with E-state index in [4.69, 9.17) is 9.47 Å². The number of hydrogen-bond donors (Lipinski definition) is 2. The molecule has 2 N–H and O–H groups in total. The highest BCUT2D eigenvalue weighted by atomic mass is 16.5. The molecule has 2 aromatic carbocycles. The molecule has 28 heavy (non-hydrogen) atoms. The molecular formula is C22H23N3O3. The first-order valence-electron chi connectivity index (χ1n) is 8.96. The second-order valence-electron chi connectivity index (χ2n) is 6.14. The highest BCUT2D eigenvalue weighted by Crippen LogP contribution is 2.15. The lowest BCUT2D eigenvalue weighted by atomic mass is 10.1. The van der Waals surface area contributed by atoms with Gasteiger partial charge in [0.05, 0.1) is 26.1 Å². The van der Waals surface area contributed by atoms with Gasteiger partial charge in [0, 0.05) is 12.1 Å². The van der Waals surface area contributed by atoms with E-state index in [1.807, 2.05) is 30.3 Å². The van der Waals surface area contributed by atoms with Crippen LogP contribution in [-0.2, 0) is 6.42 Å². The van der Waals surface area contributed by atoms with Crippen LogP contribution in [0.15, 0.2) is 66.9 Å². The van der Waals surface area contributed by atoms with Crippen LogP contribution < -0.4 is 20.1 Å². The fourth-order valence-corrected chi connectivity index (χ4v) is 2.68. The number of nitrogens with one attached hydrogen (secondary N) is 2. The minimum Gasteiger partial charge on any atom is -0.497 e. The van der Waals surface area contributed by atoms with Crippen molar-refractivity contribution in [1.82, 2.24) is 4.98 Å².